The molecule has 5 nitrogen and oxygen atoms in total. The maximum absolute atomic E-state index is 11.9. The number of rotatable bonds is 5. The van der Waals surface area contributed by atoms with Crippen molar-refractivity contribution in [3.63, 3.8) is 0 Å². The first-order valence-corrected chi connectivity index (χ1v) is 8.69. The third-order valence-corrected chi connectivity index (χ3v) is 4.28. The number of carbonyl (C=O) groups is 1. The van der Waals surface area contributed by atoms with Gasteiger partial charge in [0.2, 0.25) is 0 Å². The first-order chi connectivity index (χ1) is 10.3. The van der Waals surface area contributed by atoms with Gasteiger partial charge in [0.25, 0.3) is 9.05 Å². The first-order valence-electron chi connectivity index (χ1n) is 6.38. The van der Waals surface area contributed by atoms with E-state index in [9.17, 15) is 13.2 Å². The summed E-state index contributed by atoms with van der Waals surface area (Å²) in [6, 6.07) is 11.0. The molecule has 0 aromatic heterocycles. The quantitative estimate of drug-likeness (QED) is 0.844. The molecule has 0 aliphatic carbocycles. The average Bonchev–Trinajstić information content (AvgIpc) is 2.46. The Balaban J connectivity index is 2.86. The van der Waals surface area contributed by atoms with E-state index in [-0.39, 0.29) is 28.4 Å². The molecule has 7 heteroatoms. The minimum absolute atomic E-state index is 0.160. The Labute approximate surface area is 132 Å². The minimum Gasteiger partial charge on any atom is -0.493 e. The van der Waals surface area contributed by atoms with Crippen LogP contribution in [0.1, 0.15) is 17.3 Å². The summed E-state index contributed by atoms with van der Waals surface area (Å²) in [6.45, 7) is 1.97. The number of halogens is 1. The third-order valence-electron chi connectivity index (χ3n) is 2.94. The largest absolute Gasteiger partial charge is 0.493 e. The zero-order valence-corrected chi connectivity index (χ0v) is 13.2. The molecule has 0 heterocycles. The van der Waals surface area contributed by atoms with E-state index in [0.717, 1.165) is 6.07 Å². The average molecular weight is 341 g/mol. The van der Waals surface area contributed by atoms with Crippen LogP contribution in [0.25, 0.3) is 11.1 Å². The smallest absolute Gasteiger partial charge is 0.335 e. The van der Waals surface area contributed by atoms with E-state index in [4.69, 9.17) is 20.5 Å². The van der Waals surface area contributed by atoms with Crippen molar-refractivity contribution in [1.29, 1.82) is 0 Å². The third kappa shape index (κ3) is 3.40. The van der Waals surface area contributed by atoms with Crippen LogP contribution in [0, 0.1) is 0 Å². The molecule has 0 aliphatic heterocycles. The van der Waals surface area contributed by atoms with Gasteiger partial charge in [-0.15, -0.1) is 0 Å². The van der Waals surface area contributed by atoms with Gasteiger partial charge in [-0.3, -0.25) is 0 Å². The zero-order chi connectivity index (χ0) is 16.3. The highest BCUT2D eigenvalue weighted by molar-refractivity contribution is 8.13. The number of ether oxygens (including phenoxy) is 1. The second-order valence-corrected chi connectivity index (χ2v) is 6.92. The van der Waals surface area contributed by atoms with E-state index in [1.54, 1.807) is 37.3 Å². The van der Waals surface area contributed by atoms with Crippen LogP contribution in [-0.2, 0) is 9.05 Å². The molecule has 2 aromatic rings. The minimum atomic E-state index is -4.15. The van der Waals surface area contributed by atoms with Crippen LogP contribution in [0.5, 0.6) is 5.75 Å². The van der Waals surface area contributed by atoms with Crippen LogP contribution in [0.3, 0.4) is 0 Å². The van der Waals surface area contributed by atoms with Crippen LogP contribution in [0.4, 0.5) is 0 Å². The predicted octanol–water partition coefficient (Wildman–Crippen LogP) is 3.38. The summed E-state index contributed by atoms with van der Waals surface area (Å²) in [5, 5.41) is 9.14. The fraction of sp³-hybridized carbons (Fsp3) is 0.133. The maximum atomic E-state index is 11.9. The first kappa shape index (κ1) is 16.3. The lowest BCUT2D eigenvalue weighted by atomic mass is 10.0. The van der Waals surface area contributed by atoms with Crippen LogP contribution in [-0.4, -0.2) is 26.1 Å². The van der Waals surface area contributed by atoms with Crippen LogP contribution in [0.2, 0.25) is 0 Å². The highest BCUT2D eigenvalue weighted by atomic mass is 35.7. The van der Waals surface area contributed by atoms with Gasteiger partial charge in [-0.2, -0.15) is 0 Å². The number of carboxylic acids is 1. The van der Waals surface area contributed by atoms with Crippen LogP contribution in [0.15, 0.2) is 47.4 Å². The van der Waals surface area contributed by atoms with Crippen molar-refractivity contribution in [2.75, 3.05) is 6.61 Å². The number of aromatic carboxylic acids is 1. The Kier molecular flexibility index (Phi) is 4.73. The molecule has 0 bridgehead atoms. The molecule has 0 aliphatic rings. The predicted molar refractivity (Wildman–Crippen MR) is 83.0 cm³/mol. The van der Waals surface area contributed by atoms with Gasteiger partial charge in [0.1, 0.15) is 5.75 Å². The molecule has 0 spiro atoms. The molecule has 0 saturated carbocycles. The monoisotopic (exact) mass is 340 g/mol. The van der Waals surface area contributed by atoms with Crippen molar-refractivity contribution >= 4 is 25.7 Å². The van der Waals surface area contributed by atoms with Gasteiger partial charge in [0.15, 0.2) is 0 Å². The van der Waals surface area contributed by atoms with Crippen molar-refractivity contribution in [3.8, 4) is 16.9 Å². The topological polar surface area (TPSA) is 80.7 Å². The fourth-order valence-electron chi connectivity index (χ4n) is 2.06. The van der Waals surface area contributed by atoms with Crippen molar-refractivity contribution in [3.05, 3.63) is 48.0 Å². The van der Waals surface area contributed by atoms with Gasteiger partial charge >= 0.3 is 5.97 Å². The van der Waals surface area contributed by atoms with Crippen LogP contribution >= 0.6 is 10.7 Å². The molecule has 22 heavy (non-hydrogen) atoms. The van der Waals surface area contributed by atoms with Gasteiger partial charge in [-0.1, -0.05) is 30.3 Å². The molecule has 0 amide bonds. The molecule has 0 fully saturated rings. The number of hydrogen-bond donors (Lipinski definition) is 1. The Morgan fingerprint density at radius 1 is 1.23 bits per heavy atom. The number of carboxylic acid groups (broad SMARTS) is 1. The van der Waals surface area contributed by atoms with E-state index in [1.807, 2.05) is 0 Å². The van der Waals surface area contributed by atoms with Crippen LogP contribution < -0.4 is 4.74 Å². The maximum Gasteiger partial charge on any atom is 0.335 e. The summed E-state index contributed by atoms with van der Waals surface area (Å²) in [5.74, 6) is -1.10. The summed E-state index contributed by atoms with van der Waals surface area (Å²) in [5.41, 5.74) is 0.618. The molecule has 0 unspecified atom stereocenters. The number of benzene rings is 2. The summed E-state index contributed by atoms with van der Waals surface area (Å²) < 4.78 is 29.2. The lowest BCUT2D eigenvalue weighted by Crippen LogP contribution is -2.05. The summed E-state index contributed by atoms with van der Waals surface area (Å²) in [7, 11) is 1.34. The molecule has 0 atom stereocenters. The van der Waals surface area contributed by atoms with E-state index < -0.39 is 15.0 Å². The molecule has 2 rings (SSSR count). The standard InChI is InChI=1S/C15H13ClO5S/c1-2-21-12-8-11(15(17)18)9-13(22(16,19)20)14(12)10-6-4-3-5-7-10/h3-9H,2H2,1H3,(H,17,18). The van der Waals surface area contributed by atoms with E-state index in [0.29, 0.717) is 5.56 Å². The molecule has 1 N–H and O–H groups in total. The second kappa shape index (κ2) is 6.37. The van der Waals surface area contributed by atoms with Gasteiger partial charge in [0, 0.05) is 16.2 Å². The Hall–Kier alpha value is -2.05. The summed E-state index contributed by atoms with van der Waals surface area (Å²) in [4.78, 5) is 10.9. The van der Waals surface area contributed by atoms with E-state index in [1.165, 1.54) is 6.07 Å². The molecular formula is C15H13ClO5S. The SMILES string of the molecule is CCOc1cc(C(=O)O)cc(S(=O)(=O)Cl)c1-c1ccccc1. The van der Waals surface area contributed by atoms with Crippen molar-refractivity contribution in [2.45, 2.75) is 11.8 Å². The molecule has 0 radical (unpaired) electrons. The zero-order valence-electron chi connectivity index (χ0n) is 11.6. The van der Waals surface area contributed by atoms with Crippen molar-refractivity contribution in [2.24, 2.45) is 0 Å². The van der Waals surface area contributed by atoms with E-state index >= 15 is 0 Å². The lowest BCUT2D eigenvalue weighted by molar-refractivity contribution is 0.0696. The Morgan fingerprint density at radius 3 is 2.36 bits per heavy atom. The van der Waals surface area contributed by atoms with Gasteiger partial charge in [0.05, 0.1) is 17.1 Å². The Morgan fingerprint density at radius 2 is 1.86 bits per heavy atom. The van der Waals surface area contributed by atoms with E-state index in [2.05, 4.69) is 0 Å². The van der Waals surface area contributed by atoms with Gasteiger partial charge in [-0.05, 0) is 24.6 Å². The summed E-state index contributed by atoms with van der Waals surface area (Å²) in [6.07, 6.45) is 0. The fourth-order valence-corrected chi connectivity index (χ4v) is 3.16. The highest BCUT2D eigenvalue weighted by Gasteiger charge is 2.24. The second-order valence-electron chi connectivity index (χ2n) is 4.39. The van der Waals surface area contributed by atoms with Gasteiger partial charge in [-0.25, -0.2) is 13.2 Å². The molecule has 116 valence electrons. The number of hydrogen-bond acceptors (Lipinski definition) is 4. The van der Waals surface area contributed by atoms with Gasteiger partial charge < -0.3 is 9.84 Å². The Bertz CT molecular complexity index is 800. The van der Waals surface area contributed by atoms with Crippen molar-refractivity contribution in [1.82, 2.24) is 0 Å². The molecule has 0 saturated heterocycles. The summed E-state index contributed by atoms with van der Waals surface area (Å²) >= 11 is 0. The normalized spacial score (nSPS) is 11.2. The highest BCUT2D eigenvalue weighted by Crippen LogP contribution is 2.38. The molecular weight excluding hydrogens is 328 g/mol. The lowest BCUT2D eigenvalue weighted by Gasteiger charge is -2.15. The van der Waals surface area contributed by atoms with Crippen molar-refractivity contribution < 1.29 is 23.1 Å². The molecule has 2 aromatic carbocycles.